The molecule has 1 saturated heterocycles. The third-order valence-corrected chi connectivity index (χ3v) is 6.63. The minimum atomic E-state index is -3.81. The van der Waals surface area contributed by atoms with Crippen LogP contribution in [0.1, 0.15) is 24.4 Å². The first-order chi connectivity index (χ1) is 12.5. The molecule has 0 unspecified atom stereocenters. The highest BCUT2D eigenvalue weighted by Gasteiger charge is 2.42. The van der Waals surface area contributed by atoms with Gasteiger partial charge in [0.25, 0.3) is 0 Å². The Hall–Kier alpha value is -2.25. The topological polar surface area (TPSA) is 63.7 Å². The van der Waals surface area contributed by atoms with Crippen LogP contribution in [0.15, 0.2) is 53.4 Å². The molecule has 138 valence electrons. The molecular weight excluding hydrogens is 357 g/mol. The molecule has 1 fully saturated rings. The fraction of sp³-hybridized carbons (Fsp3) is 0.316. The maximum atomic E-state index is 13.2. The fourth-order valence-corrected chi connectivity index (χ4v) is 5.16. The average Bonchev–Trinajstić information content (AvgIpc) is 3.07. The van der Waals surface area contributed by atoms with Crippen LogP contribution in [0.3, 0.4) is 0 Å². The van der Waals surface area contributed by atoms with Crippen LogP contribution < -0.4 is 4.74 Å². The molecular formula is C19H20FNO4S. The Morgan fingerprint density at radius 2 is 1.96 bits per heavy atom. The molecule has 1 heterocycles. The molecule has 2 atom stereocenters. The fourth-order valence-electron chi connectivity index (χ4n) is 3.47. The summed E-state index contributed by atoms with van der Waals surface area (Å²) in [4.78, 5) is 11.1. The van der Waals surface area contributed by atoms with Crippen molar-refractivity contribution >= 4 is 16.3 Å². The van der Waals surface area contributed by atoms with E-state index in [2.05, 4.69) is 0 Å². The number of hydrogen-bond donors (Lipinski definition) is 0. The highest BCUT2D eigenvalue weighted by atomic mass is 32.2. The summed E-state index contributed by atoms with van der Waals surface area (Å²) in [5, 5.41) is 0. The van der Waals surface area contributed by atoms with Gasteiger partial charge in [-0.3, -0.25) is 0 Å². The van der Waals surface area contributed by atoms with Gasteiger partial charge in [-0.2, -0.15) is 4.31 Å². The van der Waals surface area contributed by atoms with Crippen LogP contribution in [-0.2, 0) is 14.8 Å². The lowest BCUT2D eigenvalue weighted by Crippen LogP contribution is -2.32. The van der Waals surface area contributed by atoms with E-state index in [1.165, 1.54) is 16.4 Å². The van der Waals surface area contributed by atoms with E-state index in [-0.39, 0.29) is 17.2 Å². The number of nitrogens with zero attached hydrogens (tertiary/aromatic N) is 1. The molecule has 0 aromatic heterocycles. The Bertz CT molecular complexity index is 883. The van der Waals surface area contributed by atoms with Crippen LogP contribution in [0.25, 0.3) is 0 Å². The van der Waals surface area contributed by atoms with Crippen LogP contribution in [-0.4, -0.2) is 32.7 Å². The summed E-state index contributed by atoms with van der Waals surface area (Å²) in [6, 6.07) is 11.5. The van der Waals surface area contributed by atoms with Crippen molar-refractivity contribution in [2.45, 2.75) is 23.8 Å². The van der Waals surface area contributed by atoms with Crippen molar-refractivity contribution in [1.29, 1.82) is 0 Å². The quantitative estimate of drug-likeness (QED) is 0.726. The zero-order valence-corrected chi connectivity index (χ0v) is 15.2. The first-order valence-corrected chi connectivity index (χ1v) is 9.76. The molecule has 5 nitrogen and oxygen atoms in total. The highest BCUT2D eigenvalue weighted by Crippen LogP contribution is 2.42. The second kappa shape index (κ2) is 7.55. The predicted molar refractivity (Wildman–Crippen MR) is 94.8 cm³/mol. The van der Waals surface area contributed by atoms with E-state index in [9.17, 15) is 17.6 Å². The van der Waals surface area contributed by atoms with Crippen molar-refractivity contribution in [3.05, 3.63) is 59.9 Å². The van der Waals surface area contributed by atoms with Crippen molar-refractivity contribution in [2.75, 3.05) is 13.7 Å². The summed E-state index contributed by atoms with van der Waals surface area (Å²) < 4.78 is 46.1. The number of sulfonamides is 1. The highest BCUT2D eigenvalue weighted by molar-refractivity contribution is 7.89. The number of benzene rings is 2. The van der Waals surface area contributed by atoms with Crippen LogP contribution in [0.4, 0.5) is 4.39 Å². The van der Waals surface area contributed by atoms with Gasteiger partial charge in [-0.15, -0.1) is 0 Å². The molecule has 7 heteroatoms. The minimum Gasteiger partial charge on any atom is -0.497 e. The van der Waals surface area contributed by atoms with Crippen LogP contribution in [0.5, 0.6) is 5.75 Å². The number of methoxy groups -OCH3 is 1. The monoisotopic (exact) mass is 377 g/mol. The lowest BCUT2D eigenvalue weighted by molar-refractivity contribution is -0.108. The maximum absolute atomic E-state index is 13.2. The molecule has 0 bridgehead atoms. The summed E-state index contributed by atoms with van der Waals surface area (Å²) in [6.45, 7) is 0.306. The van der Waals surface area contributed by atoms with E-state index >= 15 is 0 Å². The Morgan fingerprint density at radius 1 is 1.23 bits per heavy atom. The molecule has 2 aromatic rings. The second-order valence-corrected chi connectivity index (χ2v) is 8.13. The van der Waals surface area contributed by atoms with Crippen LogP contribution in [0, 0.1) is 11.7 Å². The molecule has 0 aliphatic carbocycles. The maximum Gasteiger partial charge on any atom is 0.243 e. The number of hydrogen-bond acceptors (Lipinski definition) is 4. The molecule has 0 saturated carbocycles. The summed E-state index contributed by atoms with van der Waals surface area (Å²) in [5.74, 6) is 0.0155. The first-order valence-electron chi connectivity index (χ1n) is 8.32. The summed E-state index contributed by atoms with van der Waals surface area (Å²) in [5.41, 5.74) is 0.777. The zero-order chi connectivity index (χ0) is 18.7. The molecule has 1 aliphatic heterocycles. The number of ether oxygens (including phenoxy) is 1. The molecule has 0 spiro atoms. The van der Waals surface area contributed by atoms with E-state index in [1.54, 1.807) is 25.3 Å². The third kappa shape index (κ3) is 3.50. The van der Waals surface area contributed by atoms with Gasteiger partial charge in [0.1, 0.15) is 17.9 Å². The zero-order valence-electron chi connectivity index (χ0n) is 14.3. The van der Waals surface area contributed by atoms with E-state index in [1.807, 2.05) is 6.07 Å². The minimum absolute atomic E-state index is 0.0403. The van der Waals surface area contributed by atoms with E-state index in [4.69, 9.17) is 4.74 Å². The van der Waals surface area contributed by atoms with Gasteiger partial charge in [-0.1, -0.05) is 12.1 Å². The number of carbonyl (C=O) groups excluding carboxylic acids is 1. The Morgan fingerprint density at radius 3 is 2.62 bits per heavy atom. The van der Waals surface area contributed by atoms with Crippen molar-refractivity contribution in [1.82, 2.24) is 4.31 Å². The van der Waals surface area contributed by atoms with Crippen molar-refractivity contribution < 1.29 is 22.3 Å². The van der Waals surface area contributed by atoms with Gasteiger partial charge in [-0.05, 0) is 54.3 Å². The van der Waals surface area contributed by atoms with Crippen LogP contribution >= 0.6 is 0 Å². The van der Waals surface area contributed by atoms with Gasteiger partial charge in [-0.25, -0.2) is 12.8 Å². The smallest absolute Gasteiger partial charge is 0.243 e. The number of rotatable bonds is 6. The average molecular weight is 377 g/mol. The number of halogens is 1. The van der Waals surface area contributed by atoms with Gasteiger partial charge < -0.3 is 9.53 Å². The van der Waals surface area contributed by atoms with E-state index in [0.717, 1.165) is 24.0 Å². The van der Waals surface area contributed by atoms with Crippen molar-refractivity contribution in [3.63, 3.8) is 0 Å². The van der Waals surface area contributed by atoms with Crippen LogP contribution in [0.2, 0.25) is 0 Å². The number of aldehydes is 1. The van der Waals surface area contributed by atoms with Gasteiger partial charge in [0.05, 0.1) is 18.0 Å². The molecule has 2 aromatic carbocycles. The van der Waals surface area contributed by atoms with Crippen molar-refractivity contribution in [2.24, 2.45) is 5.92 Å². The van der Waals surface area contributed by atoms with Gasteiger partial charge >= 0.3 is 0 Å². The van der Waals surface area contributed by atoms with Gasteiger partial charge in [0, 0.05) is 13.0 Å². The SMILES string of the molecule is COc1cccc([C@@H]2[C@H](CC=O)CCN2S(=O)(=O)c2ccc(F)cc2)c1. The lowest BCUT2D eigenvalue weighted by Gasteiger charge is -2.28. The lowest BCUT2D eigenvalue weighted by atomic mass is 9.92. The predicted octanol–water partition coefficient (Wildman–Crippen LogP) is 3.18. The Kier molecular flexibility index (Phi) is 5.38. The van der Waals surface area contributed by atoms with Crippen molar-refractivity contribution in [3.8, 4) is 5.75 Å². The molecule has 1 aliphatic rings. The normalized spacial score (nSPS) is 20.8. The molecule has 26 heavy (non-hydrogen) atoms. The van der Waals surface area contributed by atoms with Gasteiger partial charge in [0.2, 0.25) is 10.0 Å². The summed E-state index contributed by atoms with van der Waals surface area (Å²) in [7, 11) is -2.27. The first kappa shape index (κ1) is 18.5. The van der Waals surface area contributed by atoms with Gasteiger partial charge in [0.15, 0.2) is 0 Å². The summed E-state index contributed by atoms with van der Waals surface area (Å²) in [6.07, 6.45) is 1.68. The van der Waals surface area contributed by atoms with E-state index < -0.39 is 21.9 Å². The largest absolute Gasteiger partial charge is 0.497 e. The van der Waals surface area contributed by atoms with E-state index in [0.29, 0.717) is 18.7 Å². The second-order valence-electron chi connectivity index (χ2n) is 6.24. The molecule has 3 rings (SSSR count). The Labute approximate surface area is 152 Å². The standard InChI is InChI=1S/C19H20FNO4S/c1-25-17-4-2-3-15(13-17)19-14(10-12-22)9-11-21(19)26(23,24)18-7-5-16(20)6-8-18/h2-8,12-14,19H,9-11H2,1H3/t14-,19-/m0/s1. The molecule has 0 N–H and O–H groups in total. The third-order valence-electron chi connectivity index (χ3n) is 4.73. The summed E-state index contributed by atoms with van der Waals surface area (Å²) >= 11 is 0. The number of carbonyl (C=O) groups is 1. The molecule has 0 radical (unpaired) electrons. The Balaban J connectivity index is 2.03. The molecule has 0 amide bonds.